The molecule has 1 fully saturated rings. The first-order chi connectivity index (χ1) is 16.0. The number of hydrogen-bond acceptors (Lipinski definition) is 7. The van der Waals surface area contributed by atoms with E-state index in [4.69, 9.17) is 4.74 Å². The Balaban J connectivity index is 1.36. The Labute approximate surface area is 197 Å². The number of rotatable bonds is 5. The van der Waals surface area contributed by atoms with Crippen molar-refractivity contribution in [3.05, 3.63) is 64.8 Å². The third kappa shape index (κ3) is 5.48. The Morgan fingerprint density at radius 1 is 1.18 bits per heavy atom. The standard InChI is InChI=1S/C24H27N5O3S/c1-3-32-24(31)29-14-12-28(13-15-29)20-11-10-19(16-25-20)22(30)27-23-26-21(17(2)33-23)18-8-6-4-5-7-9-18/h4-6,8-11,16H,3,7,12-15H2,1-2H3,(H,26,27,30). The maximum absolute atomic E-state index is 12.7. The Bertz CT molecular complexity index is 1100. The first-order valence-corrected chi connectivity index (χ1v) is 11.8. The van der Waals surface area contributed by atoms with Crippen LogP contribution in [0.3, 0.4) is 0 Å². The summed E-state index contributed by atoms with van der Waals surface area (Å²) < 4.78 is 5.06. The number of carbonyl (C=O) groups excluding carboxylic acids is 2. The minimum absolute atomic E-state index is 0.242. The fourth-order valence-corrected chi connectivity index (χ4v) is 4.51. The van der Waals surface area contributed by atoms with Gasteiger partial charge in [-0.1, -0.05) is 30.4 Å². The SMILES string of the molecule is CCOC(=O)N1CCN(c2ccc(C(=O)Nc3nc(C4=CCC=CC=C4)c(C)s3)cn2)CC1. The van der Waals surface area contributed by atoms with Gasteiger partial charge in [0.1, 0.15) is 5.82 Å². The van der Waals surface area contributed by atoms with Crippen LogP contribution in [0.4, 0.5) is 15.7 Å². The van der Waals surface area contributed by atoms with Gasteiger partial charge in [0.15, 0.2) is 5.13 Å². The Hall–Kier alpha value is -3.46. The summed E-state index contributed by atoms with van der Waals surface area (Å²) in [5, 5.41) is 3.46. The summed E-state index contributed by atoms with van der Waals surface area (Å²) in [6.45, 7) is 6.67. The Morgan fingerprint density at radius 3 is 2.73 bits per heavy atom. The quantitative estimate of drug-likeness (QED) is 0.709. The molecule has 3 heterocycles. The predicted octanol–water partition coefficient (Wildman–Crippen LogP) is 4.28. The molecule has 8 nitrogen and oxygen atoms in total. The molecule has 0 atom stereocenters. The lowest BCUT2D eigenvalue weighted by molar-refractivity contribution is 0.102. The monoisotopic (exact) mass is 465 g/mol. The van der Waals surface area contributed by atoms with Crippen LogP contribution in [0.1, 0.15) is 34.3 Å². The molecule has 0 radical (unpaired) electrons. The maximum Gasteiger partial charge on any atom is 0.409 e. The molecule has 0 unspecified atom stereocenters. The lowest BCUT2D eigenvalue weighted by Gasteiger charge is -2.34. The van der Waals surface area contributed by atoms with Crippen molar-refractivity contribution < 1.29 is 14.3 Å². The normalized spacial score (nSPS) is 15.8. The molecule has 2 amide bonds. The molecule has 0 saturated carbocycles. The van der Waals surface area contributed by atoms with Gasteiger partial charge in [-0.25, -0.2) is 14.8 Å². The number of hydrogen-bond donors (Lipinski definition) is 1. The highest BCUT2D eigenvalue weighted by atomic mass is 32.1. The molecule has 33 heavy (non-hydrogen) atoms. The zero-order chi connectivity index (χ0) is 23.2. The highest BCUT2D eigenvalue weighted by molar-refractivity contribution is 7.16. The van der Waals surface area contributed by atoms with Gasteiger partial charge >= 0.3 is 6.09 Å². The molecule has 9 heteroatoms. The Kier molecular flexibility index (Phi) is 7.19. The number of amides is 2. The number of allylic oxidation sites excluding steroid dienone is 6. The van der Waals surface area contributed by atoms with E-state index in [0.29, 0.717) is 43.5 Å². The van der Waals surface area contributed by atoms with Gasteiger partial charge in [-0.2, -0.15) is 0 Å². The fourth-order valence-electron chi connectivity index (χ4n) is 3.68. The predicted molar refractivity (Wildman–Crippen MR) is 131 cm³/mol. The molecule has 2 aliphatic rings. The number of anilines is 2. The molecular formula is C24H27N5O3S. The van der Waals surface area contributed by atoms with Gasteiger partial charge in [-0.3, -0.25) is 10.1 Å². The highest BCUT2D eigenvalue weighted by Crippen LogP contribution is 2.29. The van der Waals surface area contributed by atoms with Crippen LogP contribution in [0.5, 0.6) is 0 Å². The zero-order valence-corrected chi connectivity index (χ0v) is 19.6. The van der Waals surface area contributed by atoms with E-state index in [-0.39, 0.29) is 12.0 Å². The molecule has 172 valence electrons. The smallest absolute Gasteiger partial charge is 0.409 e. The average Bonchev–Trinajstić information content (AvgIpc) is 3.01. The van der Waals surface area contributed by atoms with Crippen molar-refractivity contribution in [1.82, 2.24) is 14.9 Å². The summed E-state index contributed by atoms with van der Waals surface area (Å²) in [6.07, 6.45) is 12.4. The second kappa shape index (κ2) is 10.4. The van der Waals surface area contributed by atoms with Crippen molar-refractivity contribution in [2.45, 2.75) is 20.3 Å². The summed E-state index contributed by atoms with van der Waals surface area (Å²) in [5.41, 5.74) is 2.42. The third-order valence-corrected chi connectivity index (χ3v) is 6.31. The molecule has 4 rings (SSSR count). The van der Waals surface area contributed by atoms with Crippen LogP contribution >= 0.6 is 11.3 Å². The third-order valence-electron chi connectivity index (χ3n) is 5.43. The molecule has 0 aromatic carbocycles. The summed E-state index contributed by atoms with van der Waals surface area (Å²) >= 11 is 1.46. The maximum atomic E-state index is 12.7. The van der Waals surface area contributed by atoms with Crippen LogP contribution in [0.15, 0.2) is 48.7 Å². The lowest BCUT2D eigenvalue weighted by atomic mass is 10.1. The van der Waals surface area contributed by atoms with Crippen LogP contribution in [-0.4, -0.2) is 59.7 Å². The van der Waals surface area contributed by atoms with Crippen molar-refractivity contribution in [3.8, 4) is 0 Å². The van der Waals surface area contributed by atoms with Gasteiger partial charge < -0.3 is 14.5 Å². The van der Waals surface area contributed by atoms with E-state index in [1.807, 2.05) is 31.2 Å². The second-order valence-corrected chi connectivity index (χ2v) is 8.84. The molecular weight excluding hydrogens is 438 g/mol. The van der Waals surface area contributed by atoms with Gasteiger partial charge in [-0.15, -0.1) is 11.3 Å². The molecule has 2 aromatic rings. The number of carbonyl (C=O) groups is 2. The first-order valence-electron chi connectivity index (χ1n) is 11.0. The average molecular weight is 466 g/mol. The van der Waals surface area contributed by atoms with E-state index >= 15 is 0 Å². The summed E-state index contributed by atoms with van der Waals surface area (Å²) in [4.78, 5) is 38.5. The molecule has 0 spiro atoms. The van der Waals surface area contributed by atoms with Gasteiger partial charge in [-0.05, 0) is 38.0 Å². The van der Waals surface area contributed by atoms with Crippen LogP contribution in [0.2, 0.25) is 0 Å². The fraction of sp³-hybridized carbons (Fsp3) is 0.333. The van der Waals surface area contributed by atoms with Crippen molar-refractivity contribution in [1.29, 1.82) is 0 Å². The topological polar surface area (TPSA) is 87.7 Å². The number of aryl methyl sites for hydroxylation is 1. The van der Waals surface area contributed by atoms with E-state index in [0.717, 1.165) is 28.4 Å². The van der Waals surface area contributed by atoms with Crippen molar-refractivity contribution in [2.24, 2.45) is 0 Å². The van der Waals surface area contributed by atoms with Crippen LogP contribution in [0, 0.1) is 6.92 Å². The molecule has 1 aliphatic carbocycles. The number of nitrogens with zero attached hydrogens (tertiary/aromatic N) is 4. The van der Waals surface area contributed by atoms with E-state index in [1.165, 1.54) is 11.3 Å². The minimum Gasteiger partial charge on any atom is -0.450 e. The van der Waals surface area contributed by atoms with Crippen molar-refractivity contribution in [2.75, 3.05) is 43.0 Å². The largest absolute Gasteiger partial charge is 0.450 e. The summed E-state index contributed by atoms with van der Waals surface area (Å²) in [6, 6.07) is 3.60. The van der Waals surface area contributed by atoms with Gasteiger partial charge in [0.25, 0.3) is 5.91 Å². The molecule has 1 aliphatic heterocycles. The van der Waals surface area contributed by atoms with E-state index in [9.17, 15) is 9.59 Å². The summed E-state index contributed by atoms with van der Waals surface area (Å²) in [7, 11) is 0. The number of piperazine rings is 1. The molecule has 1 N–H and O–H groups in total. The Morgan fingerprint density at radius 2 is 2.00 bits per heavy atom. The van der Waals surface area contributed by atoms with E-state index in [1.54, 1.807) is 24.1 Å². The molecule has 1 saturated heterocycles. The number of ether oxygens (including phenoxy) is 1. The first kappa shape index (κ1) is 22.7. The van der Waals surface area contributed by atoms with Crippen LogP contribution in [-0.2, 0) is 4.74 Å². The van der Waals surface area contributed by atoms with Gasteiger partial charge in [0.05, 0.1) is 17.9 Å². The second-order valence-electron chi connectivity index (χ2n) is 7.64. The molecule has 2 aromatic heterocycles. The lowest BCUT2D eigenvalue weighted by Crippen LogP contribution is -2.49. The van der Waals surface area contributed by atoms with Gasteiger partial charge in [0, 0.05) is 37.3 Å². The number of aromatic nitrogens is 2. The number of pyridine rings is 1. The van der Waals surface area contributed by atoms with E-state index < -0.39 is 0 Å². The zero-order valence-electron chi connectivity index (χ0n) is 18.8. The van der Waals surface area contributed by atoms with Gasteiger partial charge in [0.2, 0.25) is 0 Å². The number of thiazole rings is 1. The van der Waals surface area contributed by atoms with Crippen molar-refractivity contribution in [3.63, 3.8) is 0 Å². The van der Waals surface area contributed by atoms with E-state index in [2.05, 4.69) is 32.3 Å². The van der Waals surface area contributed by atoms with Crippen molar-refractivity contribution >= 4 is 39.9 Å². The summed E-state index contributed by atoms with van der Waals surface area (Å²) in [5.74, 6) is 0.539. The number of nitrogens with one attached hydrogen (secondary N) is 1. The molecule has 0 bridgehead atoms. The highest BCUT2D eigenvalue weighted by Gasteiger charge is 2.23. The van der Waals surface area contributed by atoms with Crippen LogP contribution < -0.4 is 10.2 Å². The minimum atomic E-state index is -0.277. The van der Waals surface area contributed by atoms with Crippen LogP contribution in [0.25, 0.3) is 5.57 Å².